The van der Waals surface area contributed by atoms with E-state index in [-0.39, 0.29) is 42.5 Å². The predicted molar refractivity (Wildman–Crippen MR) is 149 cm³/mol. The Morgan fingerprint density at radius 3 is 2.14 bits per heavy atom. The second-order valence-corrected chi connectivity index (χ2v) is 11.1. The first-order valence-corrected chi connectivity index (χ1v) is 12.3. The van der Waals surface area contributed by atoms with Crippen molar-refractivity contribution in [3.05, 3.63) is 101 Å². The number of aliphatic hydroxyl groups is 1. The summed E-state index contributed by atoms with van der Waals surface area (Å²) in [7, 11) is 0. The van der Waals surface area contributed by atoms with E-state index in [1.54, 1.807) is 0 Å². The third kappa shape index (κ3) is 5.76. The van der Waals surface area contributed by atoms with Crippen LogP contribution >= 0.6 is 0 Å². The molecule has 1 heterocycles. The van der Waals surface area contributed by atoms with E-state index in [1.165, 1.54) is 58.5 Å². The van der Waals surface area contributed by atoms with Gasteiger partial charge in [-0.1, -0.05) is 58.9 Å². The molecule has 3 aromatic carbocycles. The molecule has 0 saturated carbocycles. The molecule has 0 unspecified atom stereocenters. The number of aromatic nitrogens is 1. The molecule has 3 nitrogen and oxygen atoms in total. The monoisotopic (exact) mass is 669 g/mol. The molecule has 1 aromatic heterocycles. The van der Waals surface area contributed by atoms with Crippen LogP contribution < -0.4 is 0 Å². The Kier molecular flexibility index (Phi) is 8.27. The zero-order valence-electron chi connectivity index (χ0n) is 22.6. The molecule has 1 aliphatic carbocycles. The van der Waals surface area contributed by atoms with Crippen molar-refractivity contribution in [1.82, 2.24) is 4.98 Å². The molecule has 0 bridgehead atoms. The number of pyridine rings is 1. The number of aliphatic hydroxyl groups excluding tert-OH is 1. The minimum atomic E-state index is -0.125. The Labute approximate surface area is 234 Å². The van der Waals surface area contributed by atoms with E-state index in [4.69, 9.17) is 10.1 Å². The van der Waals surface area contributed by atoms with Crippen LogP contribution in [0.25, 0.3) is 33.2 Å². The van der Waals surface area contributed by atoms with Gasteiger partial charge in [-0.05, 0) is 76.2 Å². The maximum atomic E-state index is 10.0. The van der Waals surface area contributed by atoms with E-state index in [0.717, 1.165) is 11.3 Å². The third-order valence-corrected chi connectivity index (χ3v) is 6.77. The third-order valence-electron chi connectivity index (χ3n) is 6.77. The largest absolute Gasteiger partial charge is 0.512 e. The summed E-state index contributed by atoms with van der Waals surface area (Å²) >= 11 is 0. The average molecular weight is 669 g/mol. The molecule has 193 valence electrons. The van der Waals surface area contributed by atoms with Crippen molar-refractivity contribution in [1.29, 1.82) is 0 Å². The normalized spacial score (nSPS) is 13.6. The van der Waals surface area contributed by atoms with Crippen molar-refractivity contribution in [3.8, 4) is 22.4 Å². The SMILES string of the molecule is CC(=O)/C=C(/C)O.CC(C)(C)c1c[c-]c(-c2nccc3c2C(C)(C)c2cc4ccccc4cc2-3)cc1.[Ir]. The molecule has 1 radical (unpaired) electrons. The molecule has 0 fully saturated rings. The van der Waals surface area contributed by atoms with Crippen molar-refractivity contribution in [3.63, 3.8) is 0 Å². The zero-order chi connectivity index (χ0) is 26.3. The van der Waals surface area contributed by atoms with Gasteiger partial charge in [0.15, 0.2) is 5.78 Å². The van der Waals surface area contributed by atoms with Gasteiger partial charge in [-0.2, -0.15) is 0 Å². The van der Waals surface area contributed by atoms with E-state index in [9.17, 15) is 4.79 Å². The summed E-state index contributed by atoms with van der Waals surface area (Å²) in [5.41, 5.74) is 8.76. The molecule has 5 rings (SSSR count). The molecular formula is C33H34IrNO2-. The first-order valence-electron chi connectivity index (χ1n) is 12.3. The number of rotatable bonds is 2. The van der Waals surface area contributed by atoms with Gasteiger partial charge in [0.2, 0.25) is 0 Å². The second-order valence-electron chi connectivity index (χ2n) is 11.1. The van der Waals surface area contributed by atoms with Gasteiger partial charge < -0.3 is 10.1 Å². The van der Waals surface area contributed by atoms with Gasteiger partial charge in [0, 0.05) is 37.8 Å². The van der Waals surface area contributed by atoms with Crippen LogP contribution in [-0.2, 0) is 35.7 Å². The summed E-state index contributed by atoms with van der Waals surface area (Å²) in [5.74, 6) is -0.0625. The molecular weight excluding hydrogens is 635 g/mol. The molecule has 37 heavy (non-hydrogen) atoms. The number of hydrogen-bond donors (Lipinski definition) is 1. The zero-order valence-corrected chi connectivity index (χ0v) is 25.0. The van der Waals surface area contributed by atoms with E-state index < -0.39 is 0 Å². The maximum absolute atomic E-state index is 10.0. The summed E-state index contributed by atoms with van der Waals surface area (Å²) in [6, 6.07) is 25.5. The van der Waals surface area contributed by atoms with Crippen LogP contribution in [0.1, 0.15) is 65.2 Å². The molecule has 0 atom stereocenters. The fourth-order valence-corrected chi connectivity index (χ4v) is 4.97. The van der Waals surface area contributed by atoms with Crippen LogP contribution in [0.3, 0.4) is 0 Å². The molecule has 0 aliphatic heterocycles. The van der Waals surface area contributed by atoms with Gasteiger partial charge in [-0.25, -0.2) is 0 Å². The summed E-state index contributed by atoms with van der Waals surface area (Å²) < 4.78 is 0. The Balaban J connectivity index is 0.000000422. The number of nitrogens with zero attached hydrogens (tertiary/aromatic N) is 1. The van der Waals surface area contributed by atoms with Crippen molar-refractivity contribution < 1.29 is 30.0 Å². The number of benzene rings is 3. The number of hydrogen-bond acceptors (Lipinski definition) is 3. The Morgan fingerprint density at radius 2 is 1.62 bits per heavy atom. The number of carbonyl (C=O) groups excluding carboxylic acids is 1. The first-order chi connectivity index (χ1) is 16.9. The predicted octanol–water partition coefficient (Wildman–Crippen LogP) is 8.34. The Morgan fingerprint density at radius 1 is 0.973 bits per heavy atom. The van der Waals surface area contributed by atoms with E-state index in [0.29, 0.717) is 0 Å². The molecule has 4 aromatic rings. The van der Waals surface area contributed by atoms with Crippen LogP contribution in [0, 0.1) is 6.07 Å². The van der Waals surface area contributed by atoms with Crippen molar-refractivity contribution in [2.45, 2.75) is 59.3 Å². The van der Waals surface area contributed by atoms with Gasteiger partial charge in [0.25, 0.3) is 0 Å². The Hall–Kier alpha value is -3.07. The quantitative estimate of drug-likeness (QED) is 0.133. The van der Waals surface area contributed by atoms with Crippen LogP contribution in [0.5, 0.6) is 0 Å². The maximum Gasteiger partial charge on any atom is 0.155 e. The molecule has 1 aliphatic rings. The fraction of sp³-hybridized carbons (Fsp3) is 0.273. The van der Waals surface area contributed by atoms with E-state index in [2.05, 4.69) is 101 Å². The van der Waals surface area contributed by atoms with Gasteiger partial charge >= 0.3 is 0 Å². The molecule has 4 heteroatoms. The van der Waals surface area contributed by atoms with Crippen molar-refractivity contribution in [2.24, 2.45) is 0 Å². The standard InChI is InChI=1S/C28H26N.C5H8O2.Ir/c1-27(2,3)21-12-10-18(11-13-21)26-25-22(14-15-29-26)23-16-19-8-6-7-9-20(19)17-24(23)28(25,4)5;1-4(6)3-5(2)7;/h6-10,12-17H,1-5H3;3,6H,1-2H3;/q-1;;/b;4-3-;. The number of fused-ring (bicyclic) bond motifs is 4. The number of allylic oxidation sites excluding steroid dienone is 2. The minimum absolute atomic E-state index is 0. The number of ketones is 1. The van der Waals surface area contributed by atoms with Crippen LogP contribution in [0.4, 0.5) is 0 Å². The van der Waals surface area contributed by atoms with Gasteiger partial charge in [-0.15, -0.1) is 35.4 Å². The molecule has 1 N–H and O–H groups in total. The number of carbonyl (C=O) groups is 1. The van der Waals surface area contributed by atoms with Crippen molar-refractivity contribution >= 4 is 16.6 Å². The fourth-order valence-electron chi connectivity index (χ4n) is 4.97. The summed E-state index contributed by atoms with van der Waals surface area (Å²) in [4.78, 5) is 14.8. The topological polar surface area (TPSA) is 50.2 Å². The Bertz CT molecular complexity index is 1470. The van der Waals surface area contributed by atoms with Crippen LogP contribution in [0.15, 0.2) is 78.7 Å². The smallest absolute Gasteiger partial charge is 0.155 e. The van der Waals surface area contributed by atoms with E-state index in [1.807, 2.05) is 6.20 Å². The summed E-state index contributed by atoms with van der Waals surface area (Å²) in [5, 5.41) is 10.9. The average Bonchev–Trinajstić information content (AvgIpc) is 3.03. The summed E-state index contributed by atoms with van der Waals surface area (Å²) in [6.45, 7) is 14.2. The second kappa shape index (κ2) is 10.7. The molecule has 0 spiro atoms. The summed E-state index contributed by atoms with van der Waals surface area (Å²) in [6.07, 6.45) is 3.11. The molecule has 0 amide bonds. The van der Waals surface area contributed by atoms with Gasteiger partial charge in [0.05, 0.1) is 5.76 Å². The first kappa shape index (κ1) is 28.5. The van der Waals surface area contributed by atoms with Crippen LogP contribution in [-0.4, -0.2) is 15.9 Å². The van der Waals surface area contributed by atoms with E-state index >= 15 is 0 Å². The molecule has 0 saturated heterocycles. The van der Waals surface area contributed by atoms with Crippen LogP contribution in [0.2, 0.25) is 0 Å². The van der Waals surface area contributed by atoms with Gasteiger partial charge in [-0.3, -0.25) is 4.79 Å². The minimum Gasteiger partial charge on any atom is -0.512 e. The van der Waals surface area contributed by atoms with Crippen molar-refractivity contribution in [2.75, 3.05) is 0 Å². The van der Waals surface area contributed by atoms with Gasteiger partial charge in [0.1, 0.15) is 0 Å².